The molecule has 3 N–H and O–H groups in total. The highest BCUT2D eigenvalue weighted by Gasteiger charge is 2.48. The van der Waals surface area contributed by atoms with Gasteiger partial charge in [0.2, 0.25) is 5.91 Å². The van der Waals surface area contributed by atoms with Crippen molar-refractivity contribution in [3.8, 4) is 0 Å². The number of benzene rings is 1. The van der Waals surface area contributed by atoms with Crippen LogP contribution in [-0.4, -0.2) is 11.4 Å². The van der Waals surface area contributed by atoms with Crippen LogP contribution in [0.15, 0.2) is 24.3 Å². The van der Waals surface area contributed by atoms with Crippen LogP contribution in [0, 0.1) is 18.3 Å². The molecule has 0 saturated heterocycles. The summed E-state index contributed by atoms with van der Waals surface area (Å²) < 4.78 is 0. The van der Waals surface area contributed by atoms with Gasteiger partial charge in [-0.15, -0.1) is 0 Å². The van der Waals surface area contributed by atoms with Crippen LogP contribution in [0.5, 0.6) is 0 Å². The fraction of sp³-hybridized carbons (Fsp3) is 0.588. The zero-order chi connectivity index (χ0) is 15.0. The number of para-hydroxylation sites is 1. The molecule has 1 aliphatic rings. The van der Waals surface area contributed by atoms with E-state index in [9.17, 15) is 4.79 Å². The van der Waals surface area contributed by atoms with Crippen LogP contribution in [0.1, 0.15) is 45.6 Å². The molecule has 0 heterocycles. The Labute approximate surface area is 121 Å². The summed E-state index contributed by atoms with van der Waals surface area (Å²) in [5, 5.41) is 3.48. The second-order valence-electron chi connectivity index (χ2n) is 7.04. The quantitative estimate of drug-likeness (QED) is 0.886. The molecule has 1 fully saturated rings. The summed E-state index contributed by atoms with van der Waals surface area (Å²) in [6.45, 7) is 8.72. The third-order valence-electron chi connectivity index (χ3n) is 4.84. The first-order valence-electron chi connectivity index (χ1n) is 7.41. The molecule has 0 aromatic heterocycles. The van der Waals surface area contributed by atoms with Crippen molar-refractivity contribution in [2.75, 3.05) is 5.32 Å². The topological polar surface area (TPSA) is 55.1 Å². The lowest BCUT2D eigenvalue weighted by molar-refractivity contribution is -0.126. The Balaban J connectivity index is 2.32. The van der Waals surface area contributed by atoms with Gasteiger partial charge in [0.1, 0.15) is 5.54 Å². The number of carbonyl (C=O) groups excluding carboxylic acids is 1. The highest BCUT2D eigenvalue weighted by atomic mass is 16.1. The Morgan fingerprint density at radius 1 is 1.30 bits per heavy atom. The predicted molar refractivity (Wildman–Crippen MR) is 83.5 cm³/mol. The maximum Gasteiger partial charge on any atom is 0.243 e. The Bertz CT molecular complexity index is 509. The van der Waals surface area contributed by atoms with Gasteiger partial charge >= 0.3 is 0 Å². The molecule has 1 aromatic carbocycles. The van der Waals surface area contributed by atoms with Crippen LogP contribution in [0.2, 0.25) is 0 Å². The second-order valence-corrected chi connectivity index (χ2v) is 7.04. The number of hydrogen-bond donors (Lipinski definition) is 2. The van der Waals surface area contributed by atoms with Crippen LogP contribution in [0.3, 0.4) is 0 Å². The lowest BCUT2D eigenvalue weighted by Gasteiger charge is -2.47. The number of nitrogens with one attached hydrogen (secondary N) is 1. The van der Waals surface area contributed by atoms with E-state index in [2.05, 4.69) is 39.1 Å². The van der Waals surface area contributed by atoms with Gasteiger partial charge in [-0.2, -0.15) is 0 Å². The van der Waals surface area contributed by atoms with Gasteiger partial charge in [0.05, 0.1) is 0 Å². The lowest BCUT2D eigenvalue weighted by Crippen LogP contribution is -2.58. The normalized spacial score (nSPS) is 28.9. The SMILES string of the molecule is Cc1ccccc1NC1(C(N)=O)CCC(C)(C)CC1C. The molecule has 1 aliphatic carbocycles. The van der Waals surface area contributed by atoms with Crippen molar-refractivity contribution in [2.24, 2.45) is 17.1 Å². The molecule has 0 radical (unpaired) electrons. The molecule has 2 unspecified atom stereocenters. The van der Waals surface area contributed by atoms with Gasteiger partial charge in [0.25, 0.3) is 0 Å². The molecule has 1 aromatic rings. The Morgan fingerprint density at radius 2 is 1.95 bits per heavy atom. The molecule has 0 aliphatic heterocycles. The molecule has 20 heavy (non-hydrogen) atoms. The highest BCUT2D eigenvalue weighted by molar-refractivity contribution is 5.88. The zero-order valence-corrected chi connectivity index (χ0v) is 13.0. The smallest absolute Gasteiger partial charge is 0.243 e. The average molecular weight is 274 g/mol. The Morgan fingerprint density at radius 3 is 2.50 bits per heavy atom. The standard InChI is InChI=1S/C17H26N2O/c1-12-7-5-6-8-14(12)19-17(15(18)20)10-9-16(3,4)11-13(17)2/h5-8,13,19H,9-11H2,1-4H3,(H2,18,20). The maximum absolute atomic E-state index is 12.2. The largest absolute Gasteiger partial charge is 0.371 e. The molecular weight excluding hydrogens is 248 g/mol. The number of nitrogens with two attached hydrogens (primary N) is 1. The van der Waals surface area contributed by atoms with Crippen molar-refractivity contribution < 1.29 is 4.79 Å². The van der Waals surface area contributed by atoms with Crippen LogP contribution >= 0.6 is 0 Å². The van der Waals surface area contributed by atoms with E-state index in [1.54, 1.807) is 0 Å². The van der Waals surface area contributed by atoms with Gasteiger partial charge < -0.3 is 11.1 Å². The molecule has 110 valence electrons. The second kappa shape index (κ2) is 5.12. The van der Waals surface area contributed by atoms with E-state index in [0.717, 1.165) is 30.5 Å². The molecule has 1 amide bonds. The lowest BCUT2D eigenvalue weighted by atomic mass is 9.63. The number of primary amides is 1. The van der Waals surface area contributed by atoms with Crippen molar-refractivity contribution in [3.05, 3.63) is 29.8 Å². The minimum atomic E-state index is -0.623. The summed E-state index contributed by atoms with van der Waals surface area (Å²) in [6, 6.07) is 8.06. The first-order chi connectivity index (χ1) is 9.27. The summed E-state index contributed by atoms with van der Waals surface area (Å²) in [5.74, 6) is -0.00731. The fourth-order valence-electron chi connectivity index (χ4n) is 3.45. The summed E-state index contributed by atoms with van der Waals surface area (Å²) in [5.41, 5.74) is 7.59. The van der Waals surface area contributed by atoms with Gasteiger partial charge in [-0.05, 0) is 49.1 Å². The monoisotopic (exact) mass is 274 g/mol. The van der Waals surface area contributed by atoms with E-state index < -0.39 is 5.54 Å². The third-order valence-corrected chi connectivity index (χ3v) is 4.84. The molecule has 1 saturated carbocycles. The number of carbonyl (C=O) groups is 1. The van der Waals surface area contributed by atoms with E-state index in [1.807, 2.05) is 18.2 Å². The van der Waals surface area contributed by atoms with Crippen molar-refractivity contribution in [1.82, 2.24) is 0 Å². The van der Waals surface area contributed by atoms with Gasteiger partial charge in [0, 0.05) is 5.69 Å². The van der Waals surface area contributed by atoms with Gasteiger partial charge in [-0.3, -0.25) is 4.79 Å². The van der Waals surface area contributed by atoms with E-state index in [1.165, 1.54) is 0 Å². The number of amides is 1. The highest BCUT2D eigenvalue weighted by Crippen LogP contribution is 2.45. The van der Waals surface area contributed by atoms with Crippen molar-refractivity contribution in [1.29, 1.82) is 0 Å². The van der Waals surface area contributed by atoms with E-state index in [4.69, 9.17) is 5.73 Å². The third kappa shape index (κ3) is 2.67. The van der Waals surface area contributed by atoms with Crippen LogP contribution in [0.25, 0.3) is 0 Å². The zero-order valence-electron chi connectivity index (χ0n) is 13.0. The van der Waals surface area contributed by atoms with Crippen LogP contribution in [0.4, 0.5) is 5.69 Å². The van der Waals surface area contributed by atoms with E-state index in [-0.39, 0.29) is 17.2 Å². The number of aryl methyl sites for hydroxylation is 1. The van der Waals surface area contributed by atoms with Crippen molar-refractivity contribution >= 4 is 11.6 Å². The van der Waals surface area contributed by atoms with Crippen LogP contribution < -0.4 is 11.1 Å². The molecule has 2 atom stereocenters. The fourth-order valence-corrected chi connectivity index (χ4v) is 3.45. The Kier molecular flexibility index (Phi) is 3.81. The molecule has 0 bridgehead atoms. The molecule has 0 spiro atoms. The van der Waals surface area contributed by atoms with Crippen LogP contribution in [-0.2, 0) is 4.79 Å². The summed E-state index contributed by atoms with van der Waals surface area (Å²) >= 11 is 0. The summed E-state index contributed by atoms with van der Waals surface area (Å²) in [4.78, 5) is 12.2. The first kappa shape index (κ1) is 14.9. The summed E-state index contributed by atoms with van der Waals surface area (Å²) in [7, 11) is 0. The van der Waals surface area contributed by atoms with E-state index in [0.29, 0.717) is 0 Å². The van der Waals surface area contributed by atoms with Gasteiger partial charge in [-0.1, -0.05) is 39.0 Å². The van der Waals surface area contributed by atoms with Crippen molar-refractivity contribution in [2.45, 2.75) is 52.5 Å². The maximum atomic E-state index is 12.2. The minimum Gasteiger partial charge on any atom is -0.371 e. The number of hydrogen-bond acceptors (Lipinski definition) is 2. The van der Waals surface area contributed by atoms with Crippen molar-refractivity contribution in [3.63, 3.8) is 0 Å². The molecule has 3 nitrogen and oxygen atoms in total. The van der Waals surface area contributed by atoms with Gasteiger partial charge in [0.15, 0.2) is 0 Å². The molecule has 2 rings (SSSR count). The Hall–Kier alpha value is -1.51. The number of anilines is 1. The average Bonchev–Trinajstić information content (AvgIpc) is 2.34. The van der Waals surface area contributed by atoms with E-state index >= 15 is 0 Å². The summed E-state index contributed by atoms with van der Waals surface area (Å²) in [6.07, 6.45) is 2.82. The minimum absolute atomic E-state index is 0.225. The number of rotatable bonds is 3. The molecule has 3 heteroatoms. The predicted octanol–water partition coefficient (Wildman–Crippen LogP) is 3.48. The van der Waals surface area contributed by atoms with Gasteiger partial charge in [-0.25, -0.2) is 0 Å². The molecular formula is C17H26N2O. The first-order valence-corrected chi connectivity index (χ1v) is 7.41.